The normalized spacial score (nSPS) is 18.5. The van der Waals surface area contributed by atoms with Gasteiger partial charge < -0.3 is 10.8 Å². The average Bonchev–Trinajstić information content (AvgIpc) is 2.89. The second-order valence-electron chi connectivity index (χ2n) is 5.49. The van der Waals surface area contributed by atoms with Crippen LogP contribution in [-0.2, 0) is 6.54 Å². The Bertz CT molecular complexity index is 521. The van der Waals surface area contributed by atoms with Crippen molar-refractivity contribution in [3.8, 4) is 11.8 Å². The summed E-state index contributed by atoms with van der Waals surface area (Å²) in [5.74, 6) is 5.40. The summed E-state index contributed by atoms with van der Waals surface area (Å²) in [6.45, 7) is 2.30. The van der Waals surface area contributed by atoms with Gasteiger partial charge in [0.1, 0.15) is 5.82 Å². The van der Waals surface area contributed by atoms with Crippen molar-refractivity contribution >= 4 is 0 Å². The fourth-order valence-corrected chi connectivity index (χ4v) is 2.96. The maximum atomic E-state index is 13.7. The lowest BCUT2D eigenvalue weighted by molar-refractivity contribution is 0.210. The lowest BCUT2D eigenvalue weighted by atomic mass is 10.1. The summed E-state index contributed by atoms with van der Waals surface area (Å²) in [5.41, 5.74) is 6.99. The molecule has 114 valence electrons. The van der Waals surface area contributed by atoms with Crippen molar-refractivity contribution in [2.45, 2.75) is 38.3 Å². The van der Waals surface area contributed by atoms with Gasteiger partial charge in [0.05, 0.1) is 6.54 Å². The monoisotopic (exact) mass is 290 g/mol. The van der Waals surface area contributed by atoms with E-state index in [4.69, 9.17) is 10.8 Å². The Kier molecular flexibility index (Phi) is 6.19. The van der Waals surface area contributed by atoms with E-state index in [1.807, 2.05) is 6.07 Å². The second-order valence-corrected chi connectivity index (χ2v) is 5.49. The van der Waals surface area contributed by atoms with Crippen LogP contribution in [0.4, 0.5) is 4.39 Å². The molecule has 0 radical (unpaired) electrons. The van der Waals surface area contributed by atoms with Crippen LogP contribution in [0.2, 0.25) is 0 Å². The molecule has 1 fully saturated rings. The lowest BCUT2D eigenvalue weighted by Gasteiger charge is -2.24. The molecule has 1 aromatic carbocycles. The van der Waals surface area contributed by atoms with E-state index in [-0.39, 0.29) is 19.0 Å². The third-order valence-electron chi connectivity index (χ3n) is 3.87. The van der Waals surface area contributed by atoms with E-state index in [2.05, 4.69) is 16.7 Å². The van der Waals surface area contributed by atoms with E-state index >= 15 is 0 Å². The van der Waals surface area contributed by atoms with Crippen LogP contribution in [-0.4, -0.2) is 35.7 Å². The minimum absolute atomic E-state index is 0.239. The number of benzene rings is 1. The highest BCUT2D eigenvalue weighted by Crippen LogP contribution is 2.24. The molecule has 4 heteroatoms. The van der Waals surface area contributed by atoms with Gasteiger partial charge in [-0.25, -0.2) is 4.39 Å². The first kappa shape index (κ1) is 16.0. The molecule has 2 rings (SSSR count). The number of nitrogens with two attached hydrogens (primary N) is 1. The zero-order valence-corrected chi connectivity index (χ0v) is 12.3. The van der Waals surface area contributed by atoms with Gasteiger partial charge in [0.15, 0.2) is 0 Å². The van der Waals surface area contributed by atoms with Crippen LogP contribution in [0.15, 0.2) is 18.2 Å². The molecular weight excluding hydrogens is 267 g/mol. The highest BCUT2D eigenvalue weighted by Gasteiger charge is 2.23. The molecule has 1 saturated heterocycles. The molecular formula is C17H23FN2O. The molecule has 0 bridgehead atoms. The molecule has 1 aromatic rings. The van der Waals surface area contributed by atoms with Gasteiger partial charge in [-0.2, -0.15) is 0 Å². The topological polar surface area (TPSA) is 49.5 Å². The molecule has 0 amide bonds. The van der Waals surface area contributed by atoms with Crippen LogP contribution in [0.1, 0.15) is 36.8 Å². The third-order valence-corrected chi connectivity index (χ3v) is 3.87. The summed E-state index contributed by atoms with van der Waals surface area (Å²) >= 11 is 0. The Morgan fingerprint density at radius 2 is 2.24 bits per heavy atom. The van der Waals surface area contributed by atoms with Crippen molar-refractivity contribution in [2.75, 3.05) is 19.7 Å². The van der Waals surface area contributed by atoms with E-state index in [1.54, 1.807) is 6.07 Å². The number of hydrogen-bond acceptors (Lipinski definition) is 3. The molecule has 3 N–H and O–H groups in total. The molecule has 0 aliphatic carbocycles. The van der Waals surface area contributed by atoms with Gasteiger partial charge in [-0.1, -0.05) is 11.8 Å². The first-order valence-corrected chi connectivity index (χ1v) is 7.56. The maximum Gasteiger partial charge on any atom is 0.124 e. The van der Waals surface area contributed by atoms with Gasteiger partial charge in [-0.3, -0.25) is 4.90 Å². The number of aliphatic hydroxyl groups is 1. The molecule has 1 heterocycles. The molecule has 1 unspecified atom stereocenters. The highest BCUT2D eigenvalue weighted by atomic mass is 19.1. The minimum atomic E-state index is -0.250. The Hall–Kier alpha value is -1.41. The molecule has 1 atom stereocenters. The smallest absolute Gasteiger partial charge is 0.124 e. The van der Waals surface area contributed by atoms with Crippen molar-refractivity contribution < 1.29 is 9.50 Å². The quantitative estimate of drug-likeness (QED) is 0.814. The van der Waals surface area contributed by atoms with Gasteiger partial charge >= 0.3 is 0 Å². The summed E-state index contributed by atoms with van der Waals surface area (Å²) in [6, 6.07) is 5.46. The van der Waals surface area contributed by atoms with Crippen molar-refractivity contribution in [1.82, 2.24) is 4.90 Å². The highest BCUT2D eigenvalue weighted by molar-refractivity contribution is 5.38. The van der Waals surface area contributed by atoms with Crippen molar-refractivity contribution in [2.24, 2.45) is 5.73 Å². The van der Waals surface area contributed by atoms with Crippen molar-refractivity contribution in [1.29, 1.82) is 0 Å². The predicted molar refractivity (Wildman–Crippen MR) is 82.1 cm³/mol. The maximum absolute atomic E-state index is 13.7. The second kappa shape index (κ2) is 8.14. The number of likely N-dealkylation sites (tertiary alicyclic amines) is 1. The standard InChI is InChI=1S/C17H23FN2O/c18-16-11-14(4-1-7-19)10-15(12-16)13-20-8-2-5-17(20)6-3-9-21/h10-12,17,21H,2-3,5-9,13,19H2. The van der Waals surface area contributed by atoms with E-state index in [0.717, 1.165) is 37.9 Å². The fraction of sp³-hybridized carbons (Fsp3) is 0.529. The molecule has 1 aliphatic heterocycles. The molecule has 3 nitrogen and oxygen atoms in total. The van der Waals surface area contributed by atoms with Crippen LogP contribution >= 0.6 is 0 Å². The Morgan fingerprint density at radius 3 is 3.00 bits per heavy atom. The number of rotatable bonds is 5. The lowest BCUT2D eigenvalue weighted by Crippen LogP contribution is -2.29. The zero-order valence-electron chi connectivity index (χ0n) is 12.3. The number of nitrogens with zero attached hydrogens (tertiary/aromatic N) is 1. The van der Waals surface area contributed by atoms with Gasteiger partial charge in [-0.05, 0) is 56.0 Å². The van der Waals surface area contributed by atoms with Gasteiger partial charge in [0.2, 0.25) is 0 Å². The van der Waals surface area contributed by atoms with Crippen LogP contribution in [0.3, 0.4) is 0 Å². The van der Waals surface area contributed by atoms with E-state index in [9.17, 15) is 4.39 Å². The average molecular weight is 290 g/mol. The summed E-state index contributed by atoms with van der Waals surface area (Å²) in [5, 5.41) is 8.96. The van der Waals surface area contributed by atoms with Crippen LogP contribution < -0.4 is 5.73 Å². The summed E-state index contributed by atoms with van der Waals surface area (Å²) < 4.78 is 13.7. The fourth-order valence-electron chi connectivity index (χ4n) is 2.96. The van der Waals surface area contributed by atoms with E-state index in [0.29, 0.717) is 11.6 Å². The molecule has 0 spiro atoms. The Labute approximate surface area is 125 Å². The first-order valence-electron chi connectivity index (χ1n) is 7.56. The molecule has 0 aromatic heterocycles. The largest absolute Gasteiger partial charge is 0.396 e. The molecule has 0 saturated carbocycles. The summed E-state index contributed by atoms with van der Waals surface area (Å²) in [4.78, 5) is 2.38. The Morgan fingerprint density at radius 1 is 1.38 bits per heavy atom. The van der Waals surface area contributed by atoms with Gasteiger partial charge in [0, 0.05) is 24.8 Å². The van der Waals surface area contributed by atoms with Crippen molar-refractivity contribution in [3.63, 3.8) is 0 Å². The van der Waals surface area contributed by atoms with Gasteiger partial charge in [0.25, 0.3) is 0 Å². The van der Waals surface area contributed by atoms with Crippen molar-refractivity contribution in [3.05, 3.63) is 35.1 Å². The molecule has 1 aliphatic rings. The number of aliphatic hydroxyl groups excluding tert-OH is 1. The number of hydrogen-bond donors (Lipinski definition) is 2. The first-order chi connectivity index (χ1) is 10.2. The predicted octanol–water partition coefficient (Wildman–Crippen LogP) is 1.87. The third kappa shape index (κ3) is 4.82. The number of halogens is 1. The molecule has 21 heavy (non-hydrogen) atoms. The van der Waals surface area contributed by atoms with E-state index < -0.39 is 0 Å². The Balaban J connectivity index is 2.06. The summed E-state index contributed by atoms with van der Waals surface area (Å²) in [7, 11) is 0. The SMILES string of the molecule is NCC#Cc1cc(F)cc(CN2CCCC2CCCO)c1. The van der Waals surface area contributed by atoms with Crippen LogP contribution in [0.5, 0.6) is 0 Å². The van der Waals surface area contributed by atoms with E-state index in [1.165, 1.54) is 12.5 Å². The zero-order chi connectivity index (χ0) is 15.1. The van der Waals surface area contributed by atoms with Crippen LogP contribution in [0.25, 0.3) is 0 Å². The minimum Gasteiger partial charge on any atom is -0.396 e. The summed E-state index contributed by atoms with van der Waals surface area (Å²) in [6.07, 6.45) is 4.17. The van der Waals surface area contributed by atoms with Gasteiger partial charge in [-0.15, -0.1) is 0 Å². The van der Waals surface area contributed by atoms with Crippen LogP contribution in [0, 0.1) is 17.7 Å².